The summed E-state index contributed by atoms with van der Waals surface area (Å²) in [5, 5.41) is 7.19. The van der Waals surface area contributed by atoms with Crippen LogP contribution in [0.15, 0.2) is 12.7 Å². The van der Waals surface area contributed by atoms with Gasteiger partial charge in [0.1, 0.15) is 0 Å². The lowest BCUT2D eigenvalue weighted by atomic mass is 10.7. The first-order valence-electron chi connectivity index (χ1n) is 1.94. The van der Waals surface area contributed by atoms with Crippen LogP contribution in [-0.4, -0.2) is 17.7 Å². The van der Waals surface area contributed by atoms with Crippen molar-refractivity contribution in [3.05, 3.63) is 12.7 Å². The summed E-state index contributed by atoms with van der Waals surface area (Å²) in [6.07, 6.45) is 0.319. The minimum Gasteiger partial charge on any atom is -0.465 e. The summed E-state index contributed by atoms with van der Waals surface area (Å²) in [4.78, 5) is 8.78. The van der Waals surface area contributed by atoms with Crippen LogP contribution in [0.5, 0.6) is 0 Å². The van der Waals surface area contributed by atoms with Gasteiger partial charge in [-0.3, -0.25) is 0 Å². The number of primary amides is 1. The maximum Gasteiger partial charge on any atom is 0.402 e. The third-order valence-corrected chi connectivity index (χ3v) is 0.167. The molecule has 0 atom stereocenters. The number of rotatable bonds is 1. The molecule has 0 unspecified atom stereocenters. The maximum absolute atomic E-state index is 8.78. The first-order valence-corrected chi connectivity index (χ1v) is 1.94. The number of nitrogens with two attached hydrogens (primary N) is 2. The quantitative estimate of drug-likeness (QED) is 0.415. The average Bonchev–Trinajstić information content (AvgIpc) is 1.65. The molecule has 1 amide bonds. The van der Waals surface area contributed by atoms with Crippen molar-refractivity contribution in [1.29, 1.82) is 0 Å². The van der Waals surface area contributed by atoms with Crippen LogP contribution in [0.4, 0.5) is 4.79 Å². The number of hydrogen-bond donors (Lipinski definition) is 3. The second-order valence-electron chi connectivity index (χ2n) is 0.863. The Hall–Kier alpha value is -1.03. The first-order chi connectivity index (χ1) is 3.65. The zero-order valence-electron chi connectivity index (χ0n) is 4.50. The molecule has 0 heterocycles. The Kier molecular flexibility index (Phi) is 11.8. The second kappa shape index (κ2) is 9.36. The van der Waals surface area contributed by atoms with Crippen LogP contribution in [0.2, 0.25) is 0 Å². The molecule has 0 aliphatic carbocycles. The molecule has 0 spiro atoms. The summed E-state index contributed by atoms with van der Waals surface area (Å²) in [6.45, 7) is 3.94. The van der Waals surface area contributed by atoms with Crippen LogP contribution in [0, 0.1) is 0 Å². The van der Waals surface area contributed by atoms with Crippen molar-refractivity contribution < 1.29 is 9.90 Å². The van der Waals surface area contributed by atoms with Gasteiger partial charge in [0.25, 0.3) is 0 Å². The van der Waals surface area contributed by atoms with Crippen molar-refractivity contribution in [2.45, 2.75) is 0 Å². The maximum atomic E-state index is 8.78. The molecule has 0 fully saturated rings. The van der Waals surface area contributed by atoms with Gasteiger partial charge in [-0.2, -0.15) is 0 Å². The SMILES string of the molecule is C=CCN.NC(=O)O. The summed E-state index contributed by atoms with van der Waals surface area (Å²) < 4.78 is 0. The van der Waals surface area contributed by atoms with E-state index in [-0.39, 0.29) is 0 Å². The lowest BCUT2D eigenvalue weighted by Crippen LogP contribution is -2.03. The van der Waals surface area contributed by atoms with E-state index in [1.165, 1.54) is 0 Å². The van der Waals surface area contributed by atoms with E-state index >= 15 is 0 Å². The summed E-state index contributed by atoms with van der Waals surface area (Å²) >= 11 is 0. The highest BCUT2D eigenvalue weighted by Gasteiger charge is 1.65. The molecule has 0 aromatic rings. The molecule has 0 aromatic carbocycles. The second-order valence-corrected chi connectivity index (χ2v) is 0.863. The van der Waals surface area contributed by atoms with Gasteiger partial charge in [0.05, 0.1) is 0 Å². The molecule has 5 N–H and O–H groups in total. The number of carbonyl (C=O) groups is 1. The first kappa shape index (κ1) is 10.1. The van der Waals surface area contributed by atoms with E-state index in [9.17, 15) is 0 Å². The van der Waals surface area contributed by atoms with Crippen molar-refractivity contribution in [3.63, 3.8) is 0 Å². The minimum atomic E-state index is -1.33. The Morgan fingerprint density at radius 1 is 1.88 bits per heavy atom. The lowest BCUT2D eigenvalue weighted by Gasteiger charge is -1.61. The molecular weight excluding hydrogens is 108 g/mol. The van der Waals surface area contributed by atoms with Gasteiger partial charge in [0.15, 0.2) is 0 Å². The summed E-state index contributed by atoms with van der Waals surface area (Å²) in [6, 6.07) is 0. The molecule has 0 aromatic heterocycles. The van der Waals surface area contributed by atoms with E-state index in [0.29, 0.717) is 6.54 Å². The Labute approximate surface area is 47.8 Å². The smallest absolute Gasteiger partial charge is 0.402 e. The number of carboxylic acid groups (broad SMARTS) is 1. The van der Waals surface area contributed by atoms with Crippen LogP contribution in [-0.2, 0) is 0 Å². The molecule has 0 saturated carbocycles. The van der Waals surface area contributed by atoms with Gasteiger partial charge in [0.2, 0.25) is 0 Å². The van der Waals surface area contributed by atoms with E-state index in [1.807, 2.05) is 0 Å². The molecule has 0 aliphatic rings. The lowest BCUT2D eigenvalue weighted by molar-refractivity contribution is 0.205. The summed E-state index contributed by atoms with van der Waals surface area (Å²) in [7, 11) is 0. The predicted molar refractivity (Wildman–Crippen MR) is 31.5 cm³/mol. The molecule has 4 heteroatoms. The van der Waals surface area contributed by atoms with E-state index in [1.54, 1.807) is 6.08 Å². The predicted octanol–water partition coefficient (Wildman–Crippen LogP) is -0.246. The number of hydrogen-bond acceptors (Lipinski definition) is 2. The van der Waals surface area contributed by atoms with E-state index < -0.39 is 6.09 Å². The monoisotopic (exact) mass is 118 g/mol. The van der Waals surface area contributed by atoms with Gasteiger partial charge in [0, 0.05) is 6.54 Å². The highest BCUT2D eigenvalue weighted by atomic mass is 16.4. The van der Waals surface area contributed by atoms with Crippen LogP contribution in [0.1, 0.15) is 0 Å². The van der Waals surface area contributed by atoms with Crippen molar-refractivity contribution in [3.8, 4) is 0 Å². The molecule has 0 radical (unpaired) electrons. The third-order valence-electron chi connectivity index (χ3n) is 0.167. The van der Waals surface area contributed by atoms with E-state index in [2.05, 4.69) is 12.3 Å². The third kappa shape index (κ3) is 87000. The average molecular weight is 118 g/mol. The zero-order valence-corrected chi connectivity index (χ0v) is 4.50. The Morgan fingerprint density at radius 3 is 2.00 bits per heavy atom. The van der Waals surface area contributed by atoms with Crippen LogP contribution >= 0.6 is 0 Å². The molecular formula is C4H10N2O2. The molecule has 4 nitrogen and oxygen atoms in total. The van der Waals surface area contributed by atoms with E-state index in [0.717, 1.165) is 0 Å². The molecule has 0 bridgehead atoms. The molecule has 0 saturated heterocycles. The van der Waals surface area contributed by atoms with Gasteiger partial charge in [-0.1, -0.05) is 6.08 Å². The molecule has 0 rings (SSSR count). The Bertz CT molecular complexity index is 68.4. The molecule has 0 aliphatic heterocycles. The van der Waals surface area contributed by atoms with Crippen molar-refractivity contribution >= 4 is 6.09 Å². The van der Waals surface area contributed by atoms with Gasteiger partial charge >= 0.3 is 6.09 Å². The van der Waals surface area contributed by atoms with Crippen LogP contribution in [0.25, 0.3) is 0 Å². The largest absolute Gasteiger partial charge is 0.465 e. The zero-order chi connectivity index (χ0) is 6.99. The minimum absolute atomic E-state index is 0.583. The van der Waals surface area contributed by atoms with Gasteiger partial charge in [-0.15, -0.1) is 6.58 Å². The normalized spacial score (nSPS) is 6.12. The fraction of sp³-hybridized carbons (Fsp3) is 0.250. The molecule has 8 heavy (non-hydrogen) atoms. The standard InChI is InChI=1S/C3H7N.CH3NO2/c1-2-3-4;2-1(3)4/h2H,1,3-4H2;2H2,(H,3,4). The highest BCUT2D eigenvalue weighted by molar-refractivity contribution is 5.61. The van der Waals surface area contributed by atoms with Crippen molar-refractivity contribution in [1.82, 2.24) is 0 Å². The fourth-order valence-corrected chi connectivity index (χ4v) is 0. The van der Waals surface area contributed by atoms with Crippen molar-refractivity contribution in [2.75, 3.05) is 6.54 Å². The topological polar surface area (TPSA) is 89.3 Å². The van der Waals surface area contributed by atoms with E-state index in [4.69, 9.17) is 15.6 Å². The molecule has 48 valence electrons. The fourth-order valence-electron chi connectivity index (χ4n) is 0. The van der Waals surface area contributed by atoms with Gasteiger partial charge < -0.3 is 16.6 Å². The highest BCUT2D eigenvalue weighted by Crippen LogP contribution is 1.40. The Morgan fingerprint density at radius 2 is 2.00 bits per heavy atom. The summed E-state index contributed by atoms with van der Waals surface area (Å²) in [5.74, 6) is 0. The van der Waals surface area contributed by atoms with Gasteiger partial charge in [-0.25, -0.2) is 4.79 Å². The van der Waals surface area contributed by atoms with Crippen LogP contribution < -0.4 is 11.5 Å². The Balaban J connectivity index is 0. The number of amides is 1. The van der Waals surface area contributed by atoms with Crippen LogP contribution in [0.3, 0.4) is 0 Å². The van der Waals surface area contributed by atoms with Gasteiger partial charge in [-0.05, 0) is 0 Å². The summed E-state index contributed by atoms with van der Waals surface area (Å²) in [5.41, 5.74) is 8.94. The van der Waals surface area contributed by atoms with Crippen molar-refractivity contribution in [2.24, 2.45) is 11.5 Å².